The van der Waals surface area contributed by atoms with Crippen LogP contribution in [0.1, 0.15) is 36.3 Å². The fraction of sp³-hybridized carbons (Fsp3) is 0.300. The second-order valence-electron chi connectivity index (χ2n) is 6.19. The molecule has 3 rings (SSSR count). The first-order valence-electron chi connectivity index (χ1n) is 8.48. The number of rotatable bonds is 5. The molecule has 0 radical (unpaired) electrons. The third-order valence-corrected chi connectivity index (χ3v) is 5.32. The van der Waals surface area contributed by atoms with E-state index in [0.717, 1.165) is 23.4 Å². The van der Waals surface area contributed by atoms with Crippen molar-refractivity contribution in [1.82, 2.24) is 0 Å². The van der Waals surface area contributed by atoms with Crippen LogP contribution in [-0.4, -0.2) is 17.6 Å². The van der Waals surface area contributed by atoms with Gasteiger partial charge < -0.3 is 5.32 Å². The predicted octanol–water partition coefficient (Wildman–Crippen LogP) is 4.51. The van der Waals surface area contributed by atoms with Gasteiger partial charge in [0.05, 0.1) is 5.75 Å². The predicted molar refractivity (Wildman–Crippen MR) is 104 cm³/mol. The number of hydrogen-bond donors (Lipinski definition) is 1. The van der Waals surface area contributed by atoms with E-state index in [1.54, 1.807) is 11.8 Å². The van der Waals surface area contributed by atoms with Crippen molar-refractivity contribution in [1.29, 1.82) is 0 Å². The molecule has 1 aliphatic rings. The Hall–Kier alpha value is -2.27. The van der Waals surface area contributed by atoms with Crippen LogP contribution in [0.3, 0.4) is 0 Å². The highest BCUT2D eigenvalue weighted by molar-refractivity contribution is 8.00. The third kappa shape index (κ3) is 4.04. The van der Waals surface area contributed by atoms with Gasteiger partial charge in [0.2, 0.25) is 11.8 Å². The van der Waals surface area contributed by atoms with Gasteiger partial charge in [-0.25, -0.2) is 0 Å². The van der Waals surface area contributed by atoms with Gasteiger partial charge in [0.25, 0.3) is 0 Å². The van der Waals surface area contributed by atoms with Crippen LogP contribution in [0, 0.1) is 6.92 Å². The van der Waals surface area contributed by atoms with E-state index in [1.165, 1.54) is 5.56 Å². The monoisotopic (exact) mass is 354 g/mol. The SMILES string of the molecule is CCCC(=O)Nc1cccc([C@H]2SCC(=O)N2c2ccc(C)cc2)c1. The number of thioether (sulfide) groups is 1. The molecule has 1 saturated heterocycles. The van der Waals surface area contributed by atoms with Crippen molar-refractivity contribution in [3.63, 3.8) is 0 Å². The van der Waals surface area contributed by atoms with Crippen molar-refractivity contribution in [2.75, 3.05) is 16.0 Å². The number of aryl methyl sites for hydroxylation is 1. The molecule has 0 saturated carbocycles. The van der Waals surface area contributed by atoms with E-state index in [0.29, 0.717) is 12.2 Å². The van der Waals surface area contributed by atoms with Crippen molar-refractivity contribution < 1.29 is 9.59 Å². The second-order valence-corrected chi connectivity index (χ2v) is 7.25. The maximum absolute atomic E-state index is 12.4. The van der Waals surface area contributed by atoms with Crippen LogP contribution < -0.4 is 10.2 Å². The molecule has 0 unspecified atom stereocenters. The van der Waals surface area contributed by atoms with Crippen LogP contribution >= 0.6 is 11.8 Å². The number of nitrogens with zero attached hydrogens (tertiary/aromatic N) is 1. The van der Waals surface area contributed by atoms with E-state index < -0.39 is 0 Å². The van der Waals surface area contributed by atoms with E-state index >= 15 is 0 Å². The van der Waals surface area contributed by atoms with Gasteiger partial charge in [-0.1, -0.05) is 36.8 Å². The highest BCUT2D eigenvalue weighted by atomic mass is 32.2. The Kier molecular flexibility index (Phi) is 5.43. The van der Waals surface area contributed by atoms with Crippen LogP contribution in [0.25, 0.3) is 0 Å². The number of amides is 2. The largest absolute Gasteiger partial charge is 0.326 e. The van der Waals surface area contributed by atoms with Gasteiger partial charge in [-0.15, -0.1) is 11.8 Å². The molecular weight excluding hydrogens is 332 g/mol. The molecule has 2 aromatic rings. The summed E-state index contributed by atoms with van der Waals surface area (Å²) in [7, 11) is 0. The fourth-order valence-corrected chi connectivity index (χ4v) is 4.04. The maximum atomic E-state index is 12.4. The van der Waals surface area contributed by atoms with E-state index in [4.69, 9.17) is 0 Å². The molecule has 4 nitrogen and oxygen atoms in total. The third-order valence-electron chi connectivity index (χ3n) is 4.11. The van der Waals surface area contributed by atoms with Crippen LogP contribution in [-0.2, 0) is 9.59 Å². The zero-order valence-corrected chi connectivity index (χ0v) is 15.3. The smallest absolute Gasteiger partial charge is 0.238 e. The Balaban J connectivity index is 1.85. The van der Waals surface area contributed by atoms with E-state index in [9.17, 15) is 9.59 Å². The average Bonchev–Trinajstić information content (AvgIpc) is 2.98. The topological polar surface area (TPSA) is 49.4 Å². The zero-order chi connectivity index (χ0) is 17.8. The van der Waals surface area contributed by atoms with Crippen molar-refractivity contribution in [3.05, 3.63) is 59.7 Å². The molecule has 1 N–H and O–H groups in total. The lowest BCUT2D eigenvalue weighted by Gasteiger charge is -2.25. The summed E-state index contributed by atoms with van der Waals surface area (Å²) >= 11 is 1.61. The van der Waals surface area contributed by atoms with Crippen LogP contribution in [0.5, 0.6) is 0 Å². The van der Waals surface area contributed by atoms with Crippen molar-refractivity contribution >= 4 is 35.0 Å². The molecule has 0 bridgehead atoms. The molecule has 2 aromatic carbocycles. The van der Waals surface area contributed by atoms with Crippen molar-refractivity contribution in [2.45, 2.75) is 32.1 Å². The number of benzene rings is 2. The van der Waals surface area contributed by atoms with Gasteiger partial charge in [-0.2, -0.15) is 0 Å². The minimum absolute atomic E-state index is 0.0187. The summed E-state index contributed by atoms with van der Waals surface area (Å²) in [4.78, 5) is 26.1. The molecular formula is C20H22N2O2S. The first-order chi connectivity index (χ1) is 12.1. The minimum Gasteiger partial charge on any atom is -0.326 e. The summed E-state index contributed by atoms with van der Waals surface area (Å²) in [5.74, 6) is 0.592. The summed E-state index contributed by atoms with van der Waals surface area (Å²) in [6.07, 6.45) is 1.33. The first kappa shape index (κ1) is 17.5. The molecule has 1 atom stereocenters. The fourth-order valence-electron chi connectivity index (χ4n) is 2.88. The molecule has 25 heavy (non-hydrogen) atoms. The first-order valence-corrected chi connectivity index (χ1v) is 9.53. The number of hydrogen-bond acceptors (Lipinski definition) is 3. The van der Waals surface area contributed by atoms with E-state index in [1.807, 2.05) is 67.3 Å². The van der Waals surface area contributed by atoms with Gasteiger partial charge in [-0.3, -0.25) is 14.5 Å². The van der Waals surface area contributed by atoms with Gasteiger partial charge in [0, 0.05) is 17.8 Å². The summed E-state index contributed by atoms with van der Waals surface area (Å²) in [5, 5.41) is 2.86. The number of carbonyl (C=O) groups excluding carboxylic acids is 2. The Bertz CT molecular complexity index is 774. The summed E-state index contributed by atoms with van der Waals surface area (Å²) < 4.78 is 0. The Labute approximate surface area is 152 Å². The molecule has 2 amide bonds. The number of carbonyl (C=O) groups is 2. The van der Waals surface area contributed by atoms with Crippen LogP contribution in [0.2, 0.25) is 0 Å². The number of anilines is 2. The Morgan fingerprint density at radius 3 is 2.72 bits per heavy atom. The lowest BCUT2D eigenvalue weighted by atomic mass is 10.1. The maximum Gasteiger partial charge on any atom is 0.238 e. The molecule has 1 aliphatic heterocycles. The number of nitrogens with one attached hydrogen (secondary N) is 1. The lowest BCUT2D eigenvalue weighted by Crippen LogP contribution is -2.27. The summed E-state index contributed by atoms with van der Waals surface area (Å²) in [6, 6.07) is 15.8. The molecule has 130 valence electrons. The molecule has 0 aromatic heterocycles. The van der Waals surface area contributed by atoms with Gasteiger partial charge in [0.15, 0.2) is 0 Å². The zero-order valence-electron chi connectivity index (χ0n) is 14.5. The average molecular weight is 354 g/mol. The quantitative estimate of drug-likeness (QED) is 0.859. The van der Waals surface area contributed by atoms with Gasteiger partial charge in [-0.05, 0) is 43.2 Å². The molecule has 0 aliphatic carbocycles. The van der Waals surface area contributed by atoms with E-state index in [-0.39, 0.29) is 17.2 Å². The van der Waals surface area contributed by atoms with Crippen molar-refractivity contribution in [3.8, 4) is 0 Å². The van der Waals surface area contributed by atoms with Gasteiger partial charge >= 0.3 is 0 Å². The lowest BCUT2D eigenvalue weighted by molar-refractivity contribution is -0.116. The molecule has 5 heteroatoms. The standard InChI is InChI=1S/C20H22N2O2S/c1-3-5-18(23)21-16-7-4-6-15(12-16)20-22(19(24)13-25-20)17-10-8-14(2)9-11-17/h4,6-12,20H,3,5,13H2,1-2H3,(H,21,23)/t20-/m1/s1. The molecule has 1 heterocycles. The highest BCUT2D eigenvalue weighted by Crippen LogP contribution is 2.42. The summed E-state index contributed by atoms with van der Waals surface area (Å²) in [5.41, 5.74) is 3.87. The van der Waals surface area contributed by atoms with Crippen molar-refractivity contribution in [2.24, 2.45) is 0 Å². The molecule has 1 fully saturated rings. The minimum atomic E-state index is -0.0711. The van der Waals surface area contributed by atoms with Crippen LogP contribution in [0.15, 0.2) is 48.5 Å². The summed E-state index contributed by atoms with van der Waals surface area (Å²) in [6.45, 7) is 4.01. The van der Waals surface area contributed by atoms with E-state index in [2.05, 4.69) is 5.32 Å². The second kappa shape index (κ2) is 7.74. The van der Waals surface area contributed by atoms with Crippen LogP contribution in [0.4, 0.5) is 11.4 Å². The Morgan fingerprint density at radius 2 is 2.00 bits per heavy atom. The Morgan fingerprint density at radius 1 is 1.24 bits per heavy atom. The van der Waals surface area contributed by atoms with Gasteiger partial charge in [0.1, 0.15) is 5.37 Å². The normalized spacial score (nSPS) is 17.0. The highest BCUT2D eigenvalue weighted by Gasteiger charge is 2.34. The molecule has 0 spiro atoms.